The fourth-order valence-corrected chi connectivity index (χ4v) is 3.00. The van der Waals surface area contributed by atoms with Gasteiger partial charge in [-0.3, -0.25) is 4.98 Å². The molecule has 19 heavy (non-hydrogen) atoms. The number of thiazole rings is 1. The Kier molecular flexibility index (Phi) is 4.23. The molecule has 1 aromatic carbocycles. The maximum Gasteiger partial charge on any atom is 0.0839 e. The Morgan fingerprint density at radius 3 is 3.00 bits per heavy atom. The SMILES string of the molecule is c1ccc([C@@H]2C[C@@H](NCc3cncs3)CCO2)cc1. The first-order chi connectivity index (χ1) is 9.42. The maximum atomic E-state index is 5.88. The van der Waals surface area contributed by atoms with Gasteiger partial charge in [-0.25, -0.2) is 0 Å². The molecule has 1 saturated heterocycles. The molecule has 0 amide bonds. The number of hydrogen-bond donors (Lipinski definition) is 1. The van der Waals surface area contributed by atoms with Crippen molar-refractivity contribution in [3.05, 3.63) is 52.5 Å². The normalized spacial score (nSPS) is 23.4. The third kappa shape index (κ3) is 3.41. The number of aromatic nitrogens is 1. The van der Waals surface area contributed by atoms with Crippen LogP contribution in [0.4, 0.5) is 0 Å². The van der Waals surface area contributed by atoms with Crippen molar-refractivity contribution in [3.8, 4) is 0 Å². The molecule has 3 nitrogen and oxygen atoms in total. The van der Waals surface area contributed by atoms with Gasteiger partial charge in [-0.2, -0.15) is 0 Å². The molecular formula is C15H18N2OS. The van der Waals surface area contributed by atoms with Crippen LogP contribution >= 0.6 is 11.3 Å². The second kappa shape index (κ2) is 6.28. The van der Waals surface area contributed by atoms with Gasteiger partial charge in [0.1, 0.15) is 0 Å². The van der Waals surface area contributed by atoms with Crippen LogP contribution in [0.3, 0.4) is 0 Å². The molecule has 0 radical (unpaired) electrons. The van der Waals surface area contributed by atoms with E-state index in [2.05, 4.69) is 34.6 Å². The van der Waals surface area contributed by atoms with Crippen LogP contribution in [0, 0.1) is 0 Å². The zero-order chi connectivity index (χ0) is 12.9. The number of nitrogens with one attached hydrogen (secondary N) is 1. The van der Waals surface area contributed by atoms with Crippen molar-refractivity contribution < 1.29 is 4.74 Å². The fraction of sp³-hybridized carbons (Fsp3) is 0.400. The minimum Gasteiger partial charge on any atom is -0.373 e. The molecule has 1 aromatic heterocycles. The van der Waals surface area contributed by atoms with Crippen LogP contribution in [-0.4, -0.2) is 17.6 Å². The van der Waals surface area contributed by atoms with Crippen LogP contribution in [-0.2, 0) is 11.3 Å². The molecular weight excluding hydrogens is 256 g/mol. The first-order valence-corrected chi connectivity index (χ1v) is 7.57. The van der Waals surface area contributed by atoms with Gasteiger partial charge in [0.25, 0.3) is 0 Å². The molecule has 1 aliphatic rings. The van der Waals surface area contributed by atoms with E-state index in [1.165, 1.54) is 10.4 Å². The zero-order valence-corrected chi connectivity index (χ0v) is 11.6. The van der Waals surface area contributed by atoms with E-state index in [1.807, 2.05) is 17.8 Å². The molecule has 0 saturated carbocycles. The minimum absolute atomic E-state index is 0.230. The van der Waals surface area contributed by atoms with Gasteiger partial charge in [-0.1, -0.05) is 30.3 Å². The van der Waals surface area contributed by atoms with Crippen molar-refractivity contribution >= 4 is 11.3 Å². The van der Waals surface area contributed by atoms with E-state index < -0.39 is 0 Å². The van der Waals surface area contributed by atoms with Gasteiger partial charge >= 0.3 is 0 Å². The van der Waals surface area contributed by atoms with Gasteiger partial charge in [0.05, 0.1) is 11.6 Å². The molecule has 1 fully saturated rings. The summed E-state index contributed by atoms with van der Waals surface area (Å²) in [5, 5.41) is 3.61. The third-order valence-electron chi connectivity index (χ3n) is 3.50. The number of rotatable bonds is 4. The van der Waals surface area contributed by atoms with E-state index >= 15 is 0 Å². The molecule has 0 bridgehead atoms. The van der Waals surface area contributed by atoms with E-state index in [0.29, 0.717) is 6.04 Å². The van der Waals surface area contributed by atoms with Gasteiger partial charge in [0.2, 0.25) is 0 Å². The summed E-state index contributed by atoms with van der Waals surface area (Å²) in [5.74, 6) is 0. The Balaban J connectivity index is 1.56. The summed E-state index contributed by atoms with van der Waals surface area (Å²) in [4.78, 5) is 5.40. The van der Waals surface area contributed by atoms with Gasteiger partial charge < -0.3 is 10.1 Å². The summed E-state index contributed by atoms with van der Waals surface area (Å²) in [7, 11) is 0. The van der Waals surface area contributed by atoms with Crippen LogP contribution in [0.5, 0.6) is 0 Å². The summed E-state index contributed by atoms with van der Waals surface area (Å²) in [6.07, 6.45) is 4.30. The highest BCUT2D eigenvalue weighted by Crippen LogP contribution is 2.28. The summed E-state index contributed by atoms with van der Waals surface area (Å²) in [5.41, 5.74) is 3.17. The Labute approximate surface area is 117 Å². The number of hydrogen-bond acceptors (Lipinski definition) is 4. The first kappa shape index (κ1) is 12.8. The molecule has 3 rings (SSSR count). The Hall–Kier alpha value is -1.23. The van der Waals surface area contributed by atoms with Crippen molar-refractivity contribution in [2.75, 3.05) is 6.61 Å². The zero-order valence-electron chi connectivity index (χ0n) is 10.8. The summed E-state index contributed by atoms with van der Waals surface area (Å²) in [6, 6.07) is 11.0. The predicted octanol–water partition coefficient (Wildman–Crippen LogP) is 3.15. The highest BCUT2D eigenvalue weighted by atomic mass is 32.1. The quantitative estimate of drug-likeness (QED) is 0.930. The van der Waals surface area contributed by atoms with Crippen molar-refractivity contribution in [1.29, 1.82) is 0 Å². The fourth-order valence-electron chi connectivity index (χ4n) is 2.46. The molecule has 2 heterocycles. The van der Waals surface area contributed by atoms with Crippen molar-refractivity contribution in [2.24, 2.45) is 0 Å². The predicted molar refractivity (Wildman–Crippen MR) is 77.1 cm³/mol. The lowest BCUT2D eigenvalue weighted by Crippen LogP contribution is -2.35. The third-order valence-corrected chi connectivity index (χ3v) is 4.28. The Morgan fingerprint density at radius 1 is 1.32 bits per heavy atom. The number of nitrogens with zero attached hydrogens (tertiary/aromatic N) is 1. The average Bonchev–Trinajstić information content (AvgIpc) is 3.00. The molecule has 100 valence electrons. The smallest absolute Gasteiger partial charge is 0.0839 e. The van der Waals surface area contributed by atoms with Gasteiger partial charge in [0, 0.05) is 30.3 Å². The van der Waals surface area contributed by atoms with Crippen LogP contribution in [0.15, 0.2) is 42.0 Å². The molecule has 0 spiro atoms. The van der Waals surface area contributed by atoms with Gasteiger partial charge in [-0.15, -0.1) is 11.3 Å². The van der Waals surface area contributed by atoms with Crippen molar-refractivity contribution in [2.45, 2.75) is 31.5 Å². The van der Waals surface area contributed by atoms with Crippen LogP contribution in [0.25, 0.3) is 0 Å². The summed E-state index contributed by atoms with van der Waals surface area (Å²) < 4.78 is 5.88. The van der Waals surface area contributed by atoms with E-state index in [-0.39, 0.29) is 6.10 Å². The standard InChI is InChI=1S/C15H18N2OS/c1-2-4-12(5-3-1)15-8-13(6-7-18-15)17-10-14-9-16-11-19-14/h1-5,9,11,13,15,17H,6-8,10H2/t13-,15-/m0/s1. The van der Waals surface area contributed by atoms with Crippen molar-refractivity contribution in [1.82, 2.24) is 10.3 Å². The van der Waals surface area contributed by atoms with E-state index in [1.54, 1.807) is 11.3 Å². The largest absolute Gasteiger partial charge is 0.373 e. The lowest BCUT2D eigenvalue weighted by atomic mass is 9.97. The Bertz CT molecular complexity index is 486. The second-order valence-corrected chi connectivity index (χ2v) is 5.81. The topological polar surface area (TPSA) is 34.2 Å². The molecule has 4 heteroatoms. The van der Waals surface area contributed by atoms with Crippen LogP contribution in [0.2, 0.25) is 0 Å². The first-order valence-electron chi connectivity index (χ1n) is 6.69. The van der Waals surface area contributed by atoms with Crippen molar-refractivity contribution in [3.63, 3.8) is 0 Å². The summed E-state index contributed by atoms with van der Waals surface area (Å²) in [6.45, 7) is 1.75. The minimum atomic E-state index is 0.230. The van der Waals surface area contributed by atoms with Crippen LogP contribution < -0.4 is 5.32 Å². The number of benzene rings is 1. The molecule has 1 N–H and O–H groups in total. The van der Waals surface area contributed by atoms with Crippen LogP contribution in [0.1, 0.15) is 29.4 Å². The molecule has 0 aliphatic carbocycles. The van der Waals surface area contributed by atoms with E-state index in [0.717, 1.165) is 26.0 Å². The summed E-state index contributed by atoms with van der Waals surface area (Å²) >= 11 is 1.70. The lowest BCUT2D eigenvalue weighted by Gasteiger charge is -2.30. The van der Waals surface area contributed by atoms with Gasteiger partial charge in [-0.05, 0) is 18.4 Å². The Morgan fingerprint density at radius 2 is 2.21 bits per heavy atom. The number of ether oxygens (including phenoxy) is 1. The van der Waals surface area contributed by atoms with Gasteiger partial charge in [0.15, 0.2) is 0 Å². The highest BCUT2D eigenvalue weighted by Gasteiger charge is 2.23. The molecule has 2 aromatic rings. The molecule has 0 unspecified atom stereocenters. The average molecular weight is 274 g/mol. The molecule has 1 aliphatic heterocycles. The lowest BCUT2D eigenvalue weighted by molar-refractivity contribution is 0.000000559. The maximum absolute atomic E-state index is 5.88. The van der Waals surface area contributed by atoms with E-state index in [9.17, 15) is 0 Å². The highest BCUT2D eigenvalue weighted by molar-refractivity contribution is 7.09. The second-order valence-electron chi connectivity index (χ2n) is 4.84. The monoisotopic (exact) mass is 274 g/mol. The molecule has 2 atom stereocenters. The van der Waals surface area contributed by atoms with E-state index in [4.69, 9.17) is 4.74 Å².